The quantitative estimate of drug-likeness (QED) is 0.799. The summed E-state index contributed by atoms with van der Waals surface area (Å²) in [6.45, 7) is 5.45. The summed E-state index contributed by atoms with van der Waals surface area (Å²) in [6, 6.07) is 1.65. The fourth-order valence-electron chi connectivity index (χ4n) is 2.58. The minimum absolute atomic E-state index is 0.157. The van der Waals surface area contributed by atoms with E-state index in [9.17, 15) is 8.78 Å². The number of hydrogen-bond acceptors (Lipinski definition) is 3. The number of rotatable bonds is 3. The zero-order valence-corrected chi connectivity index (χ0v) is 12.1. The third-order valence-electron chi connectivity index (χ3n) is 4.67. The molecule has 1 saturated carbocycles. The molecule has 2 fully saturated rings. The van der Waals surface area contributed by atoms with E-state index in [4.69, 9.17) is 9.31 Å². The summed E-state index contributed by atoms with van der Waals surface area (Å²) in [5.41, 5.74) is -0.00897. The van der Waals surface area contributed by atoms with Crippen molar-refractivity contribution < 1.29 is 18.1 Å². The molecule has 2 aliphatic rings. The van der Waals surface area contributed by atoms with Crippen LogP contribution < -0.4 is 0 Å². The maximum atomic E-state index is 12.5. The van der Waals surface area contributed by atoms with E-state index in [1.165, 1.54) is 6.20 Å². The van der Waals surface area contributed by atoms with Gasteiger partial charge in [0.1, 0.15) is 0 Å². The van der Waals surface area contributed by atoms with Crippen molar-refractivity contribution in [2.75, 3.05) is 0 Å². The summed E-state index contributed by atoms with van der Waals surface area (Å²) < 4.78 is 37.7. The topological polar surface area (TPSA) is 36.3 Å². The van der Waals surface area contributed by atoms with Crippen molar-refractivity contribution in [2.45, 2.75) is 63.6 Å². The van der Waals surface area contributed by atoms with Crippen LogP contribution in [0.1, 0.15) is 52.3 Å². The second-order valence-electron chi connectivity index (χ2n) is 6.63. The van der Waals surface area contributed by atoms with Gasteiger partial charge in [-0.25, -0.2) is 4.68 Å². The van der Waals surface area contributed by atoms with Gasteiger partial charge in [-0.2, -0.15) is 13.9 Å². The molecule has 0 radical (unpaired) electrons. The first-order valence-corrected chi connectivity index (χ1v) is 6.90. The number of hydrogen-bond donors (Lipinski definition) is 0. The molecule has 3 rings (SSSR count). The molecular formula is C13H19BF2N2O2. The Kier molecular flexibility index (Phi) is 2.99. The lowest BCUT2D eigenvalue weighted by atomic mass is 9.80. The van der Waals surface area contributed by atoms with Crippen LogP contribution in [0.2, 0.25) is 5.82 Å². The number of alkyl halides is 2. The Bertz CT molecular complexity index is 502. The standard InChI is InChI=1S/C13H19BF2N2O2/c1-12(2)13(3,4)20-14(19-12)9-7-8(9)10-5-6-18(17-10)11(15)16/h5-6,8-9,11H,7H2,1-4H3/t8-,9-/m0/s1. The molecule has 0 N–H and O–H groups in total. The minimum atomic E-state index is -2.59. The Balaban J connectivity index is 1.68. The minimum Gasteiger partial charge on any atom is -0.403 e. The van der Waals surface area contributed by atoms with Crippen molar-refractivity contribution in [3.8, 4) is 0 Å². The molecule has 0 unspecified atom stereocenters. The van der Waals surface area contributed by atoms with E-state index < -0.39 is 6.55 Å². The zero-order valence-electron chi connectivity index (χ0n) is 12.1. The SMILES string of the molecule is CC1(C)OB([C@H]2C[C@@H]2c2ccn(C(F)F)n2)OC1(C)C. The van der Waals surface area contributed by atoms with Gasteiger partial charge in [0.15, 0.2) is 0 Å². The van der Waals surface area contributed by atoms with E-state index in [0.717, 1.165) is 6.42 Å². The van der Waals surface area contributed by atoms with Crippen LogP contribution in [0.25, 0.3) is 0 Å². The number of halogens is 2. The summed E-state index contributed by atoms with van der Waals surface area (Å²) in [7, 11) is -0.276. The number of aromatic nitrogens is 2. The van der Waals surface area contributed by atoms with E-state index >= 15 is 0 Å². The summed E-state index contributed by atoms with van der Waals surface area (Å²) in [6.07, 6.45) is 2.19. The van der Waals surface area contributed by atoms with Gasteiger partial charge in [0.2, 0.25) is 0 Å². The molecule has 1 aromatic rings. The molecule has 4 nitrogen and oxygen atoms in total. The maximum absolute atomic E-state index is 12.5. The van der Waals surface area contributed by atoms with Crippen molar-refractivity contribution in [2.24, 2.45) is 0 Å². The molecule has 1 saturated heterocycles. The molecule has 1 aromatic heterocycles. The van der Waals surface area contributed by atoms with E-state index in [2.05, 4.69) is 5.10 Å². The summed E-state index contributed by atoms with van der Waals surface area (Å²) >= 11 is 0. The second kappa shape index (κ2) is 4.27. The van der Waals surface area contributed by atoms with Crippen LogP contribution in [0.15, 0.2) is 12.3 Å². The molecule has 2 atom stereocenters. The Morgan fingerprint density at radius 1 is 1.30 bits per heavy atom. The van der Waals surface area contributed by atoms with Gasteiger partial charge in [-0.1, -0.05) is 0 Å². The first kappa shape index (κ1) is 14.0. The monoisotopic (exact) mass is 284 g/mol. The summed E-state index contributed by atoms with van der Waals surface area (Å²) in [5, 5.41) is 3.92. The molecule has 0 bridgehead atoms. The molecule has 1 aliphatic carbocycles. The van der Waals surface area contributed by atoms with Crippen molar-refractivity contribution in [1.82, 2.24) is 9.78 Å². The smallest absolute Gasteiger partial charge is 0.403 e. The fraction of sp³-hybridized carbons (Fsp3) is 0.769. The lowest BCUT2D eigenvalue weighted by Gasteiger charge is -2.32. The number of nitrogens with zero attached hydrogens (tertiary/aromatic N) is 2. The first-order valence-electron chi connectivity index (χ1n) is 6.90. The van der Waals surface area contributed by atoms with Gasteiger partial charge in [0.25, 0.3) is 0 Å². The highest BCUT2D eigenvalue weighted by molar-refractivity contribution is 6.49. The van der Waals surface area contributed by atoms with E-state index in [-0.39, 0.29) is 30.1 Å². The average Bonchev–Trinajstić information content (AvgIpc) is 2.89. The summed E-state index contributed by atoms with van der Waals surface area (Å²) in [4.78, 5) is 0. The van der Waals surface area contributed by atoms with Crippen LogP contribution in [0, 0.1) is 0 Å². The fourth-order valence-corrected chi connectivity index (χ4v) is 2.58. The Hall–Kier alpha value is -0.945. The maximum Gasteiger partial charge on any atom is 0.461 e. The molecule has 0 aromatic carbocycles. The van der Waals surface area contributed by atoms with Gasteiger partial charge in [-0.3, -0.25) is 0 Å². The highest BCUT2D eigenvalue weighted by Crippen LogP contribution is 2.57. The molecule has 110 valence electrons. The first-order chi connectivity index (χ1) is 9.21. The zero-order chi connectivity index (χ0) is 14.7. The normalized spacial score (nSPS) is 31.1. The molecule has 7 heteroatoms. The molecule has 2 heterocycles. The van der Waals surface area contributed by atoms with Crippen molar-refractivity contribution in [1.29, 1.82) is 0 Å². The molecule has 0 spiro atoms. The van der Waals surface area contributed by atoms with Crippen LogP contribution in [-0.4, -0.2) is 28.1 Å². The lowest BCUT2D eigenvalue weighted by molar-refractivity contribution is 0.00578. The van der Waals surface area contributed by atoms with Gasteiger partial charge >= 0.3 is 13.7 Å². The third-order valence-corrected chi connectivity index (χ3v) is 4.67. The summed E-state index contributed by atoms with van der Waals surface area (Å²) in [5.74, 6) is 0.363. The largest absolute Gasteiger partial charge is 0.461 e. The Morgan fingerprint density at radius 3 is 2.40 bits per heavy atom. The van der Waals surface area contributed by atoms with Gasteiger partial charge in [-0.05, 0) is 40.2 Å². The van der Waals surface area contributed by atoms with Gasteiger partial charge in [-0.15, -0.1) is 0 Å². The predicted molar refractivity (Wildman–Crippen MR) is 70.7 cm³/mol. The molecule has 0 amide bonds. The van der Waals surface area contributed by atoms with Gasteiger partial charge in [0, 0.05) is 17.9 Å². The van der Waals surface area contributed by atoms with Crippen LogP contribution in [0.5, 0.6) is 0 Å². The van der Waals surface area contributed by atoms with Crippen molar-refractivity contribution >= 4 is 7.12 Å². The van der Waals surface area contributed by atoms with E-state index in [1.54, 1.807) is 6.07 Å². The lowest BCUT2D eigenvalue weighted by Crippen LogP contribution is -2.41. The van der Waals surface area contributed by atoms with Crippen LogP contribution in [0.3, 0.4) is 0 Å². The molecule has 1 aliphatic heterocycles. The van der Waals surface area contributed by atoms with E-state index in [1.807, 2.05) is 27.7 Å². The van der Waals surface area contributed by atoms with Gasteiger partial charge in [0.05, 0.1) is 16.9 Å². The Morgan fingerprint density at radius 2 is 1.90 bits per heavy atom. The highest BCUT2D eigenvalue weighted by atomic mass is 19.3. The molecule has 20 heavy (non-hydrogen) atoms. The van der Waals surface area contributed by atoms with E-state index in [0.29, 0.717) is 10.4 Å². The van der Waals surface area contributed by atoms with Crippen molar-refractivity contribution in [3.63, 3.8) is 0 Å². The van der Waals surface area contributed by atoms with Crippen molar-refractivity contribution in [3.05, 3.63) is 18.0 Å². The average molecular weight is 284 g/mol. The Labute approximate surface area is 117 Å². The third kappa shape index (κ3) is 2.17. The molecular weight excluding hydrogens is 265 g/mol. The van der Waals surface area contributed by atoms with Crippen LogP contribution in [0.4, 0.5) is 8.78 Å². The van der Waals surface area contributed by atoms with Crippen LogP contribution >= 0.6 is 0 Å². The van der Waals surface area contributed by atoms with Crippen LogP contribution in [-0.2, 0) is 9.31 Å². The second-order valence-corrected chi connectivity index (χ2v) is 6.63. The van der Waals surface area contributed by atoms with Gasteiger partial charge < -0.3 is 9.31 Å². The predicted octanol–water partition coefficient (Wildman–Crippen LogP) is 3.23. The highest BCUT2D eigenvalue weighted by Gasteiger charge is 2.60.